The van der Waals surface area contributed by atoms with Crippen LogP contribution in [0, 0.1) is 6.92 Å². The molecule has 1 fully saturated rings. The van der Waals surface area contributed by atoms with E-state index in [2.05, 4.69) is 15.5 Å². The molecule has 9 heteroatoms. The Morgan fingerprint density at radius 3 is 2.62 bits per heavy atom. The summed E-state index contributed by atoms with van der Waals surface area (Å²) >= 11 is 0. The van der Waals surface area contributed by atoms with Gasteiger partial charge in [-0.25, -0.2) is 4.79 Å². The van der Waals surface area contributed by atoms with Crippen LogP contribution in [-0.4, -0.2) is 27.6 Å². The molecule has 6 nitrogen and oxygen atoms in total. The molecule has 1 aliphatic rings. The van der Waals surface area contributed by atoms with Crippen LogP contribution in [0.3, 0.4) is 0 Å². The number of carbonyl (C=O) groups excluding carboxylic acids is 1. The summed E-state index contributed by atoms with van der Waals surface area (Å²) in [5, 5.41) is 6.32. The molecule has 0 saturated carbocycles. The van der Waals surface area contributed by atoms with Gasteiger partial charge in [-0.3, -0.25) is 0 Å². The lowest BCUT2D eigenvalue weighted by Gasteiger charge is -2.22. The van der Waals surface area contributed by atoms with E-state index in [9.17, 15) is 18.0 Å². The van der Waals surface area contributed by atoms with E-state index in [0.29, 0.717) is 30.4 Å². The third kappa shape index (κ3) is 3.34. The van der Waals surface area contributed by atoms with Crippen molar-refractivity contribution in [2.24, 2.45) is 0 Å². The average Bonchev–Trinajstić information content (AvgIpc) is 3.15. The van der Waals surface area contributed by atoms with Crippen molar-refractivity contribution in [2.45, 2.75) is 32.0 Å². The number of amides is 2. The minimum atomic E-state index is -4.40. The first-order chi connectivity index (χ1) is 11.3. The lowest BCUT2D eigenvalue weighted by molar-refractivity contribution is -0.137. The number of anilines is 1. The predicted octanol–water partition coefficient (Wildman–Crippen LogP) is 3.77. The van der Waals surface area contributed by atoms with Crippen molar-refractivity contribution < 1.29 is 22.5 Å². The monoisotopic (exact) mass is 340 g/mol. The number of rotatable bonds is 2. The molecule has 24 heavy (non-hydrogen) atoms. The molecule has 0 bridgehead atoms. The molecule has 2 amide bonds. The van der Waals surface area contributed by atoms with Gasteiger partial charge in [0.25, 0.3) is 0 Å². The summed E-state index contributed by atoms with van der Waals surface area (Å²) in [6, 6.07) is 3.58. The number of urea groups is 1. The summed E-state index contributed by atoms with van der Waals surface area (Å²) < 4.78 is 42.8. The molecule has 2 aromatic rings. The quantitative estimate of drug-likeness (QED) is 0.903. The third-order valence-corrected chi connectivity index (χ3v) is 3.81. The lowest BCUT2D eigenvalue weighted by Crippen LogP contribution is -2.34. The Kier molecular flexibility index (Phi) is 4.16. The third-order valence-electron chi connectivity index (χ3n) is 3.81. The number of carbonyl (C=O) groups is 1. The van der Waals surface area contributed by atoms with Crippen LogP contribution in [0.1, 0.15) is 36.2 Å². The summed E-state index contributed by atoms with van der Waals surface area (Å²) in [6.45, 7) is 2.20. The van der Waals surface area contributed by atoms with Crippen LogP contribution in [0.5, 0.6) is 0 Å². The second-order valence-corrected chi connectivity index (χ2v) is 5.54. The first kappa shape index (κ1) is 16.3. The van der Waals surface area contributed by atoms with Crippen LogP contribution in [0.25, 0.3) is 0 Å². The Bertz CT molecular complexity index is 727. The maximum absolute atomic E-state index is 12.5. The van der Waals surface area contributed by atoms with E-state index >= 15 is 0 Å². The first-order valence-corrected chi connectivity index (χ1v) is 7.39. The highest BCUT2D eigenvalue weighted by molar-refractivity contribution is 5.89. The van der Waals surface area contributed by atoms with Crippen molar-refractivity contribution in [3.63, 3.8) is 0 Å². The van der Waals surface area contributed by atoms with E-state index in [0.717, 1.165) is 18.6 Å². The van der Waals surface area contributed by atoms with Gasteiger partial charge >= 0.3 is 12.2 Å². The Balaban J connectivity index is 1.70. The molecule has 3 rings (SSSR count). The van der Waals surface area contributed by atoms with E-state index in [1.807, 2.05) is 0 Å². The predicted molar refractivity (Wildman–Crippen MR) is 78.2 cm³/mol. The molecule has 1 N–H and O–H groups in total. The van der Waals surface area contributed by atoms with Gasteiger partial charge in [-0.1, -0.05) is 5.16 Å². The first-order valence-electron chi connectivity index (χ1n) is 7.39. The zero-order valence-electron chi connectivity index (χ0n) is 12.8. The fourth-order valence-electron chi connectivity index (χ4n) is 2.65. The smallest absolute Gasteiger partial charge is 0.337 e. The molecule has 0 radical (unpaired) electrons. The molecule has 1 saturated heterocycles. The van der Waals surface area contributed by atoms with E-state index in [4.69, 9.17) is 4.52 Å². The average molecular weight is 340 g/mol. The Labute approximate surface area is 135 Å². The Morgan fingerprint density at radius 1 is 1.33 bits per heavy atom. The highest BCUT2D eigenvalue weighted by Crippen LogP contribution is 2.32. The second kappa shape index (κ2) is 6.14. The number of nitrogens with zero attached hydrogens (tertiary/aromatic N) is 3. The van der Waals surface area contributed by atoms with Crippen LogP contribution in [0.15, 0.2) is 28.8 Å². The molecular weight excluding hydrogens is 325 g/mol. The van der Waals surface area contributed by atoms with Gasteiger partial charge in [0.2, 0.25) is 5.89 Å². The van der Waals surface area contributed by atoms with Gasteiger partial charge in [-0.15, -0.1) is 0 Å². The van der Waals surface area contributed by atoms with Crippen molar-refractivity contribution in [1.29, 1.82) is 0 Å². The van der Waals surface area contributed by atoms with Gasteiger partial charge in [0.1, 0.15) is 6.04 Å². The highest BCUT2D eigenvalue weighted by atomic mass is 19.4. The van der Waals surface area contributed by atoms with Crippen molar-refractivity contribution in [3.05, 3.63) is 41.5 Å². The van der Waals surface area contributed by atoms with Crippen molar-refractivity contribution in [3.8, 4) is 0 Å². The standard InChI is InChI=1S/C15H15F3N4O2/c1-9-19-13(24-21-9)12-3-2-8-22(12)14(23)20-11-6-4-10(5-7-11)15(16,17)18/h4-7,12H,2-3,8H2,1H3,(H,20,23). The molecule has 1 aliphatic heterocycles. The maximum atomic E-state index is 12.5. The topological polar surface area (TPSA) is 71.3 Å². The Morgan fingerprint density at radius 2 is 2.04 bits per heavy atom. The van der Waals surface area contributed by atoms with E-state index in [1.54, 1.807) is 11.8 Å². The van der Waals surface area contributed by atoms with Gasteiger partial charge in [0.15, 0.2) is 5.82 Å². The summed E-state index contributed by atoms with van der Waals surface area (Å²) in [4.78, 5) is 18.1. The summed E-state index contributed by atoms with van der Waals surface area (Å²) in [5.74, 6) is 0.854. The Hall–Kier alpha value is -2.58. The molecular formula is C15H15F3N4O2. The van der Waals surface area contributed by atoms with E-state index < -0.39 is 17.8 Å². The molecule has 2 heterocycles. The van der Waals surface area contributed by atoms with Gasteiger partial charge in [-0.05, 0) is 44.0 Å². The van der Waals surface area contributed by atoms with Crippen molar-refractivity contribution in [2.75, 3.05) is 11.9 Å². The molecule has 1 unspecified atom stereocenters. The number of aryl methyl sites for hydroxylation is 1. The number of hydrogen-bond donors (Lipinski definition) is 1. The number of nitrogens with one attached hydrogen (secondary N) is 1. The van der Waals surface area contributed by atoms with E-state index in [1.165, 1.54) is 12.1 Å². The van der Waals surface area contributed by atoms with Crippen molar-refractivity contribution >= 4 is 11.7 Å². The zero-order chi connectivity index (χ0) is 17.3. The molecule has 1 atom stereocenters. The lowest BCUT2D eigenvalue weighted by atomic mass is 10.2. The number of alkyl halides is 3. The van der Waals surface area contributed by atoms with Crippen molar-refractivity contribution in [1.82, 2.24) is 15.0 Å². The number of hydrogen-bond acceptors (Lipinski definition) is 4. The molecule has 1 aromatic heterocycles. The summed E-state index contributed by atoms with van der Waals surface area (Å²) in [5.41, 5.74) is -0.471. The minimum absolute atomic E-state index is 0.292. The molecule has 0 spiro atoms. The van der Waals surface area contributed by atoms with Crippen LogP contribution in [0.2, 0.25) is 0 Å². The van der Waals surface area contributed by atoms with Gasteiger partial charge < -0.3 is 14.7 Å². The largest absolute Gasteiger partial charge is 0.416 e. The van der Waals surface area contributed by atoms with Crippen LogP contribution in [-0.2, 0) is 6.18 Å². The molecule has 1 aromatic carbocycles. The van der Waals surface area contributed by atoms with Gasteiger partial charge in [0.05, 0.1) is 5.56 Å². The minimum Gasteiger partial charge on any atom is -0.337 e. The van der Waals surface area contributed by atoms with Crippen LogP contribution in [0.4, 0.5) is 23.7 Å². The van der Waals surface area contributed by atoms with Gasteiger partial charge in [-0.2, -0.15) is 18.2 Å². The van der Waals surface area contributed by atoms with Crippen LogP contribution < -0.4 is 5.32 Å². The maximum Gasteiger partial charge on any atom is 0.416 e. The summed E-state index contributed by atoms with van der Waals surface area (Å²) in [6.07, 6.45) is -2.92. The SMILES string of the molecule is Cc1noc(C2CCCN2C(=O)Nc2ccc(C(F)(F)F)cc2)n1. The molecule has 0 aliphatic carbocycles. The number of benzene rings is 1. The zero-order valence-corrected chi connectivity index (χ0v) is 12.8. The number of halogens is 3. The normalized spacial score (nSPS) is 18.0. The van der Waals surface area contributed by atoms with E-state index in [-0.39, 0.29) is 6.04 Å². The number of aromatic nitrogens is 2. The number of likely N-dealkylation sites (tertiary alicyclic amines) is 1. The van der Waals surface area contributed by atoms with Gasteiger partial charge in [0, 0.05) is 12.2 Å². The van der Waals surface area contributed by atoms with Crippen LogP contribution >= 0.6 is 0 Å². The highest BCUT2D eigenvalue weighted by Gasteiger charge is 2.34. The summed E-state index contributed by atoms with van der Waals surface area (Å²) in [7, 11) is 0. The molecule has 128 valence electrons. The second-order valence-electron chi connectivity index (χ2n) is 5.54. The fourth-order valence-corrected chi connectivity index (χ4v) is 2.65. The fraction of sp³-hybridized carbons (Fsp3) is 0.400.